The second kappa shape index (κ2) is 6.39. The predicted octanol–water partition coefficient (Wildman–Crippen LogP) is 2.36. The normalized spacial score (nSPS) is 17.6. The Kier molecular flexibility index (Phi) is 4.02. The molecule has 2 aliphatic rings. The number of non-ortho nitro benzene ring substituents is 1. The van der Waals surface area contributed by atoms with Crippen molar-refractivity contribution in [2.75, 3.05) is 18.4 Å². The number of hydrogen-bond donors (Lipinski definition) is 2. The van der Waals surface area contributed by atoms with E-state index in [2.05, 4.69) is 10.3 Å². The maximum Gasteiger partial charge on any atom is 0.270 e. The van der Waals surface area contributed by atoms with Crippen LogP contribution < -0.4 is 11.1 Å². The topological polar surface area (TPSA) is 114 Å². The van der Waals surface area contributed by atoms with E-state index in [0.29, 0.717) is 37.3 Å². The standard InChI is InChI=1S/C19H19N5O3/c20-17-15-6-1-2-7-16(15)21-19(22-17)8-10-23(11-9-19)18(25)13-4-3-5-14(12-13)24(26)27/h1-7,12,21H,8-11H2,(H2,20,22). The van der Waals surface area contributed by atoms with E-state index in [1.54, 1.807) is 11.0 Å². The van der Waals surface area contributed by atoms with Gasteiger partial charge in [0.25, 0.3) is 11.6 Å². The van der Waals surface area contributed by atoms with Crippen molar-refractivity contribution in [2.45, 2.75) is 18.5 Å². The Bertz CT molecular complexity index is 948. The zero-order valence-corrected chi connectivity index (χ0v) is 14.6. The van der Waals surface area contributed by atoms with Gasteiger partial charge in [-0.15, -0.1) is 0 Å². The lowest BCUT2D eigenvalue weighted by molar-refractivity contribution is -0.384. The van der Waals surface area contributed by atoms with Crippen LogP contribution in [0.15, 0.2) is 53.5 Å². The van der Waals surface area contributed by atoms with Gasteiger partial charge >= 0.3 is 0 Å². The minimum Gasteiger partial charge on any atom is -0.383 e. The summed E-state index contributed by atoms with van der Waals surface area (Å²) in [6.45, 7) is 0.987. The third-order valence-corrected chi connectivity index (χ3v) is 5.09. The Morgan fingerprint density at radius 1 is 1.19 bits per heavy atom. The first-order valence-corrected chi connectivity index (χ1v) is 8.74. The first-order valence-electron chi connectivity index (χ1n) is 8.74. The highest BCUT2D eigenvalue weighted by molar-refractivity contribution is 6.04. The molecule has 2 aromatic carbocycles. The molecule has 1 saturated heterocycles. The second-order valence-corrected chi connectivity index (χ2v) is 6.80. The highest BCUT2D eigenvalue weighted by Gasteiger charge is 2.38. The van der Waals surface area contributed by atoms with Crippen LogP contribution in [0.25, 0.3) is 0 Å². The number of nitro benzene ring substituents is 1. The summed E-state index contributed by atoms with van der Waals surface area (Å²) in [5.74, 6) is 0.296. The zero-order chi connectivity index (χ0) is 19.0. The van der Waals surface area contributed by atoms with Crippen molar-refractivity contribution >= 4 is 23.1 Å². The van der Waals surface area contributed by atoms with Crippen LogP contribution in [0.2, 0.25) is 0 Å². The number of amides is 1. The molecule has 27 heavy (non-hydrogen) atoms. The Hall–Kier alpha value is -3.42. The SMILES string of the molecule is NC1=NC2(CCN(C(=O)c3cccc([N+](=O)[O-])c3)CC2)Nc2ccccc21. The molecule has 0 radical (unpaired) electrons. The van der Waals surface area contributed by atoms with E-state index < -0.39 is 10.6 Å². The smallest absolute Gasteiger partial charge is 0.270 e. The van der Waals surface area contributed by atoms with Gasteiger partial charge in [-0.3, -0.25) is 14.9 Å². The van der Waals surface area contributed by atoms with E-state index in [1.807, 2.05) is 24.3 Å². The van der Waals surface area contributed by atoms with Crippen molar-refractivity contribution < 1.29 is 9.72 Å². The van der Waals surface area contributed by atoms with Crippen LogP contribution >= 0.6 is 0 Å². The zero-order valence-electron chi connectivity index (χ0n) is 14.6. The van der Waals surface area contributed by atoms with Crippen LogP contribution in [0.5, 0.6) is 0 Å². The molecule has 1 spiro atoms. The summed E-state index contributed by atoms with van der Waals surface area (Å²) in [5.41, 5.74) is 7.71. The Balaban J connectivity index is 1.50. The number of rotatable bonds is 2. The van der Waals surface area contributed by atoms with Gasteiger partial charge in [-0.25, -0.2) is 4.99 Å². The van der Waals surface area contributed by atoms with Gasteiger partial charge in [-0.05, 0) is 18.2 Å². The molecule has 2 aromatic rings. The number of anilines is 1. The average molecular weight is 365 g/mol. The average Bonchev–Trinajstić information content (AvgIpc) is 2.68. The van der Waals surface area contributed by atoms with Crippen LogP contribution in [-0.4, -0.2) is 40.3 Å². The third kappa shape index (κ3) is 3.10. The lowest BCUT2D eigenvalue weighted by Gasteiger charge is -2.42. The molecule has 0 saturated carbocycles. The first kappa shape index (κ1) is 17.0. The quantitative estimate of drug-likeness (QED) is 0.626. The molecule has 0 unspecified atom stereocenters. The first-order chi connectivity index (χ1) is 13.0. The predicted molar refractivity (Wildman–Crippen MR) is 102 cm³/mol. The summed E-state index contributed by atoms with van der Waals surface area (Å²) in [7, 11) is 0. The van der Waals surface area contributed by atoms with Gasteiger partial charge < -0.3 is 16.0 Å². The van der Waals surface area contributed by atoms with Gasteiger partial charge in [0.1, 0.15) is 11.5 Å². The monoisotopic (exact) mass is 365 g/mol. The number of likely N-dealkylation sites (tertiary alicyclic amines) is 1. The third-order valence-electron chi connectivity index (χ3n) is 5.09. The molecule has 1 amide bonds. The van der Waals surface area contributed by atoms with E-state index in [-0.39, 0.29) is 11.6 Å². The fraction of sp³-hybridized carbons (Fsp3) is 0.263. The van der Waals surface area contributed by atoms with Gasteiger partial charge in [0.05, 0.1) is 4.92 Å². The number of hydrogen-bond acceptors (Lipinski definition) is 6. The summed E-state index contributed by atoms with van der Waals surface area (Å²) in [4.78, 5) is 29.5. The number of nitrogens with two attached hydrogens (primary N) is 1. The van der Waals surface area contributed by atoms with Crippen LogP contribution in [0.3, 0.4) is 0 Å². The molecule has 2 heterocycles. The van der Waals surface area contributed by atoms with E-state index in [4.69, 9.17) is 5.73 Å². The van der Waals surface area contributed by atoms with Crippen LogP contribution in [0.1, 0.15) is 28.8 Å². The number of aliphatic imine (C=N–C) groups is 1. The molecule has 0 atom stereocenters. The fourth-order valence-electron chi connectivity index (χ4n) is 3.64. The molecular weight excluding hydrogens is 346 g/mol. The van der Waals surface area contributed by atoms with Crippen LogP contribution in [-0.2, 0) is 0 Å². The molecule has 8 heteroatoms. The number of piperidine rings is 1. The highest BCUT2D eigenvalue weighted by Crippen LogP contribution is 2.34. The summed E-state index contributed by atoms with van der Waals surface area (Å²) >= 11 is 0. The van der Waals surface area contributed by atoms with Crippen LogP contribution in [0, 0.1) is 10.1 Å². The molecule has 2 aliphatic heterocycles. The minimum atomic E-state index is -0.516. The largest absolute Gasteiger partial charge is 0.383 e. The van der Waals surface area contributed by atoms with Crippen molar-refractivity contribution in [3.05, 3.63) is 69.8 Å². The van der Waals surface area contributed by atoms with Gasteiger partial charge in [-0.1, -0.05) is 18.2 Å². The van der Waals surface area contributed by atoms with Gasteiger partial charge in [-0.2, -0.15) is 0 Å². The Morgan fingerprint density at radius 3 is 2.67 bits per heavy atom. The van der Waals surface area contributed by atoms with Gasteiger partial charge in [0.15, 0.2) is 0 Å². The second-order valence-electron chi connectivity index (χ2n) is 6.80. The Morgan fingerprint density at radius 2 is 1.93 bits per heavy atom. The molecule has 1 fully saturated rings. The lowest BCUT2D eigenvalue weighted by atomic mass is 9.93. The highest BCUT2D eigenvalue weighted by atomic mass is 16.6. The number of para-hydroxylation sites is 1. The molecule has 8 nitrogen and oxygen atoms in total. The summed E-state index contributed by atoms with van der Waals surface area (Å²) < 4.78 is 0. The van der Waals surface area contributed by atoms with Gasteiger partial charge in [0.2, 0.25) is 0 Å². The Labute approximate surface area is 155 Å². The maximum atomic E-state index is 12.7. The molecule has 0 aliphatic carbocycles. The lowest BCUT2D eigenvalue weighted by Crippen LogP contribution is -2.52. The fourth-order valence-corrected chi connectivity index (χ4v) is 3.64. The number of nitrogens with zero attached hydrogens (tertiary/aromatic N) is 3. The van der Waals surface area contributed by atoms with Crippen molar-refractivity contribution in [1.82, 2.24) is 4.90 Å². The van der Waals surface area contributed by atoms with Crippen LogP contribution in [0.4, 0.5) is 11.4 Å². The van der Waals surface area contributed by atoms with Gasteiger partial charge in [0, 0.05) is 54.9 Å². The summed E-state index contributed by atoms with van der Waals surface area (Å²) in [5, 5.41) is 14.4. The molecule has 0 bridgehead atoms. The number of carbonyl (C=O) groups excluding carboxylic acids is 1. The van der Waals surface area contributed by atoms with E-state index in [1.165, 1.54) is 18.2 Å². The number of benzene rings is 2. The van der Waals surface area contributed by atoms with Crippen molar-refractivity contribution in [3.63, 3.8) is 0 Å². The molecule has 138 valence electrons. The van der Waals surface area contributed by atoms with Crippen molar-refractivity contribution in [1.29, 1.82) is 0 Å². The molecular formula is C19H19N5O3. The molecule has 3 N–H and O–H groups in total. The summed E-state index contributed by atoms with van der Waals surface area (Å²) in [6, 6.07) is 13.6. The van der Waals surface area contributed by atoms with E-state index in [9.17, 15) is 14.9 Å². The van der Waals surface area contributed by atoms with Crippen molar-refractivity contribution in [3.8, 4) is 0 Å². The van der Waals surface area contributed by atoms with Crippen molar-refractivity contribution in [2.24, 2.45) is 10.7 Å². The van der Waals surface area contributed by atoms with E-state index in [0.717, 1.165) is 11.3 Å². The number of amidine groups is 1. The maximum absolute atomic E-state index is 12.7. The number of nitrogens with one attached hydrogen (secondary N) is 1. The van der Waals surface area contributed by atoms with E-state index >= 15 is 0 Å². The molecule has 4 rings (SSSR count). The molecule has 0 aromatic heterocycles. The number of nitro groups is 1. The number of carbonyl (C=O) groups is 1. The summed E-state index contributed by atoms with van der Waals surface area (Å²) in [6.07, 6.45) is 1.23. The number of fused-ring (bicyclic) bond motifs is 1. The minimum absolute atomic E-state index is 0.0859.